The van der Waals surface area contributed by atoms with Crippen molar-refractivity contribution < 1.29 is 4.79 Å². The van der Waals surface area contributed by atoms with Crippen molar-refractivity contribution in [2.24, 2.45) is 11.3 Å². The Balaban J connectivity index is 1.89. The molecule has 88 valence electrons. The van der Waals surface area contributed by atoms with E-state index in [1.165, 1.54) is 0 Å². The lowest BCUT2D eigenvalue weighted by Gasteiger charge is -2.40. The van der Waals surface area contributed by atoms with Crippen molar-refractivity contribution in [2.75, 3.05) is 11.5 Å². The fraction of sp³-hybridized carbons (Fsp3) is 0.833. The predicted molar refractivity (Wildman–Crippen MR) is 64.9 cm³/mol. The zero-order valence-corrected chi connectivity index (χ0v) is 10.5. The first-order valence-corrected chi connectivity index (χ1v) is 7.12. The number of nitrogens with zero attached hydrogens (tertiary/aromatic N) is 1. The maximum Gasteiger partial charge on any atom is 0.240 e. The summed E-state index contributed by atoms with van der Waals surface area (Å²) in [5, 5.41) is 12.2. The third-order valence-electron chi connectivity index (χ3n) is 3.60. The van der Waals surface area contributed by atoms with Gasteiger partial charge in [-0.3, -0.25) is 4.79 Å². The van der Waals surface area contributed by atoms with E-state index in [2.05, 4.69) is 18.3 Å². The van der Waals surface area contributed by atoms with Gasteiger partial charge in [0.2, 0.25) is 5.91 Å². The normalized spacial score (nSPS) is 34.9. The molecule has 0 unspecified atom stereocenters. The van der Waals surface area contributed by atoms with Gasteiger partial charge in [0, 0.05) is 6.04 Å². The Morgan fingerprint density at radius 2 is 2.06 bits per heavy atom. The molecule has 4 heteroatoms. The van der Waals surface area contributed by atoms with Crippen molar-refractivity contribution in [1.29, 1.82) is 5.26 Å². The number of thioether (sulfide) groups is 1. The van der Waals surface area contributed by atoms with Gasteiger partial charge in [0.25, 0.3) is 0 Å². The van der Waals surface area contributed by atoms with Gasteiger partial charge in [-0.1, -0.05) is 6.92 Å². The predicted octanol–water partition coefficient (Wildman–Crippen LogP) is 1.94. The lowest BCUT2D eigenvalue weighted by molar-refractivity contribution is -0.134. The van der Waals surface area contributed by atoms with Gasteiger partial charge < -0.3 is 5.32 Å². The minimum absolute atomic E-state index is 0.0231. The molecule has 16 heavy (non-hydrogen) atoms. The number of hydrogen-bond donors (Lipinski definition) is 1. The number of hydrogen-bond acceptors (Lipinski definition) is 3. The summed E-state index contributed by atoms with van der Waals surface area (Å²) < 4.78 is 0. The van der Waals surface area contributed by atoms with E-state index >= 15 is 0 Å². The molecule has 0 radical (unpaired) electrons. The Morgan fingerprint density at radius 3 is 2.56 bits per heavy atom. The largest absolute Gasteiger partial charge is 0.352 e. The molecule has 0 aromatic heterocycles. The fourth-order valence-electron chi connectivity index (χ4n) is 2.62. The summed E-state index contributed by atoms with van der Waals surface area (Å²) in [7, 11) is 0. The molecule has 1 saturated carbocycles. The first kappa shape index (κ1) is 11.8. The van der Waals surface area contributed by atoms with E-state index in [9.17, 15) is 4.79 Å². The SMILES string of the molecule is CC1CC(C#N)(C(=O)NC2CCSCC2)C1. The van der Waals surface area contributed by atoms with Crippen LogP contribution in [0.2, 0.25) is 0 Å². The molecule has 1 saturated heterocycles. The van der Waals surface area contributed by atoms with Crippen LogP contribution in [0.1, 0.15) is 32.6 Å². The van der Waals surface area contributed by atoms with E-state index < -0.39 is 5.41 Å². The van der Waals surface area contributed by atoms with Crippen LogP contribution in [0.5, 0.6) is 0 Å². The zero-order chi connectivity index (χ0) is 11.6. The number of nitrogens with one attached hydrogen (secondary N) is 1. The second kappa shape index (κ2) is 4.67. The van der Waals surface area contributed by atoms with Gasteiger partial charge in [-0.2, -0.15) is 17.0 Å². The summed E-state index contributed by atoms with van der Waals surface area (Å²) in [5.74, 6) is 2.75. The highest BCUT2D eigenvalue weighted by Gasteiger charge is 2.49. The van der Waals surface area contributed by atoms with Crippen LogP contribution >= 0.6 is 11.8 Å². The summed E-state index contributed by atoms with van der Waals surface area (Å²) >= 11 is 1.94. The van der Waals surface area contributed by atoms with Crippen molar-refractivity contribution in [3.63, 3.8) is 0 Å². The van der Waals surface area contributed by atoms with Crippen LogP contribution in [0.15, 0.2) is 0 Å². The topological polar surface area (TPSA) is 52.9 Å². The quantitative estimate of drug-likeness (QED) is 0.800. The molecule has 3 nitrogen and oxygen atoms in total. The maximum atomic E-state index is 12.1. The van der Waals surface area contributed by atoms with Crippen molar-refractivity contribution >= 4 is 17.7 Å². The summed E-state index contributed by atoms with van der Waals surface area (Å²) in [6.45, 7) is 2.10. The van der Waals surface area contributed by atoms with Gasteiger partial charge in [-0.05, 0) is 43.1 Å². The van der Waals surface area contributed by atoms with E-state index in [0.29, 0.717) is 12.0 Å². The maximum absolute atomic E-state index is 12.1. The Bertz CT molecular complexity index is 311. The summed E-state index contributed by atoms with van der Waals surface area (Å²) in [6.07, 6.45) is 3.56. The smallest absolute Gasteiger partial charge is 0.240 e. The lowest BCUT2D eigenvalue weighted by atomic mass is 9.63. The molecule has 1 amide bonds. The van der Waals surface area contributed by atoms with Crippen molar-refractivity contribution in [2.45, 2.75) is 38.6 Å². The third-order valence-corrected chi connectivity index (χ3v) is 4.65. The number of rotatable bonds is 2. The first-order chi connectivity index (χ1) is 7.66. The molecule has 1 aliphatic heterocycles. The standard InChI is InChI=1S/C12H18N2OS/c1-9-6-12(7-9,8-13)11(15)14-10-2-4-16-5-3-10/h9-10H,2-7H2,1H3,(H,14,15). The van der Waals surface area contributed by atoms with E-state index in [4.69, 9.17) is 5.26 Å². The van der Waals surface area contributed by atoms with Gasteiger partial charge in [0.15, 0.2) is 0 Å². The average molecular weight is 238 g/mol. The molecule has 0 aromatic carbocycles. The van der Waals surface area contributed by atoms with Gasteiger partial charge in [-0.25, -0.2) is 0 Å². The molecule has 0 spiro atoms. The molecule has 2 rings (SSSR count). The summed E-state index contributed by atoms with van der Waals surface area (Å²) in [5.41, 5.74) is -0.704. The fourth-order valence-corrected chi connectivity index (χ4v) is 3.73. The van der Waals surface area contributed by atoms with Crippen molar-refractivity contribution in [1.82, 2.24) is 5.32 Å². The minimum Gasteiger partial charge on any atom is -0.352 e. The summed E-state index contributed by atoms with van der Waals surface area (Å²) in [4.78, 5) is 12.1. The van der Waals surface area contributed by atoms with Gasteiger partial charge >= 0.3 is 0 Å². The summed E-state index contributed by atoms with van der Waals surface area (Å²) in [6, 6.07) is 2.52. The van der Waals surface area contributed by atoms with E-state index in [0.717, 1.165) is 37.2 Å². The van der Waals surface area contributed by atoms with E-state index in [-0.39, 0.29) is 5.91 Å². The van der Waals surface area contributed by atoms with E-state index in [1.54, 1.807) is 0 Å². The highest BCUT2D eigenvalue weighted by atomic mass is 32.2. The number of nitriles is 1. The molecule has 0 atom stereocenters. The highest BCUT2D eigenvalue weighted by molar-refractivity contribution is 7.99. The van der Waals surface area contributed by atoms with Crippen LogP contribution in [0.4, 0.5) is 0 Å². The molecule has 1 N–H and O–H groups in total. The third kappa shape index (κ3) is 2.20. The Labute approximate surface area is 101 Å². The minimum atomic E-state index is -0.704. The molecule has 0 bridgehead atoms. The molecule has 2 fully saturated rings. The molecule has 1 aliphatic carbocycles. The van der Waals surface area contributed by atoms with Crippen LogP contribution in [0.25, 0.3) is 0 Å². The molecule has 2 aliphatic rings. The Morgan fingerprint density at radius 1 is 1.44 bits per heavy atom. The van der Waals surface area contributed by atoms with Crippen LogP contribution < -0.4 is 5.32 Å². The van der Waals surface area contributed by atoms with Crippen LogP contribution in [0, 0.1) is 22.7 Å². The zero-order valence-electron chi connectivity index (χ0n) is 9.66. The monoisotopic (exact) mass is 238 g/mol. The number of amides is 1. The lowest BCUT2D eigenvalue weighted by Crippen LogP contribution is -2.51. The Hall–Kier alpha value is -0.690. The van der Waals surface area contributed by atoms with Gasteiger partial charge in [-0.15, -0.1) is 0 Å². The van der Waals surface area contributed by atoms with Gasteiger partial charge in [0.1, 0.15) is 5.41 Å². The van der Waals surface area contributed by atoms with Crippen LogP contribution in [-0.2, 0) is 4.79 Å². The van der Waals surface area contributed by atoms with Gasteiger partial charge in [0.05, 0.1) is 6.07 Å². The van der Waals surface area contributed by atoms with Crippen molar-refractivity contribution in [3.05, 3.63) is 0 Å². The van der Waals surface area contributed by atoms with Crippen LogP contribution in [-0.4, -0.2) is 23.5 Å². The Kier molecular flexibility index (Phi) is 3.44. The average Bonchev–Trinajstić information content (AvgIpc) is 2.25. The second-order valence-corrected chi connectivity index (χ2v) is 6.29. The van der Waals surface area contributed by atoms with E-state index in [1.807, 2.05) is 11.8 Å². The molecule has 1 heterocycles. The molecular formula is C12H18N2OS. The molecular weight excluding hydrogens is 220 g/mol. The molecule has 0 aromatic rings. The highest BCUT2D eigenvalue weighted by Crippen LogP contribution is 2.45. The van der Waals surface area contributed by atoms with Crippen molar-refractivity contribution in [3.8, 4) is 6.07 Å². The number of carbonyl (C=O) groups excluding carboxylic acids is 1. The number of carbonyl (C=O) groups is 1. The first-order valence-electron chi connectivity index (χ1n) is 5.96. The van der Waals surface area contributed by atoms with Crippen LogP contribution in [0.3, 0.4) is 0 Å². The second-order valence-electron chi connectivity index (χ2n) is 5.07.